The second-order valence-corrected chi connectivity index (χ2v) is 6.92. The SMILES string of the molecule is CC(CCCCCCCC(=O)Cl)CCCCCCC(=O)Cl. The van der Waals surface area contributed by atoms with Gasteiger partial charge in [0.15, 0.2) is 0 Å². The van der Waals surface area contributed by atoms with E-state index < -0.39 is 0 Å². The molecule has 0 bridgehead atoms. The molecule has 0 N–H and O–H groups in total. The Morgan fingerprint density at radius 3 is 1.38 bits per heavy atom. The average Bonchev–Trinajstić information content (AvgIpc) is 2.41. The van der Waals surface area contributed by atoms with E-state index in [2.05, 4.69) is 6.92 Å². The summed E-state index contributed by atoms with van der Waals surface area (Å²) < 4.78 is 0. The minimum atomic E-state index is -0.209. The fourth-order valence-electron chi connectivity index (χ4n) is 2.54. The van der Waals surface area contributed by atoms with Gasteiger partial charge in [0.05, 0.1) is 0 Å². The van der Waals surface area contributed by atoms with Crippen LogP contribution in [0.4, 0.5) is 0 Å². The third-order valence-electron chi connectivity index (χ3n) is 3.89. The zero-order valence-corrected chi connectivity index (χ0v) is 14.9. The Balaban J connectivity index is 3.21. The zero-order chi connectivity index (χ0) is 15.9. The lowest BCUT2D eigenvalue weighted by Gasteiger charge is -2.10. The van der Waals surface area contributed by atoms with E-state index in [1.54, 1.807) is 0 Å². The molecule has 0 saturated heterocycles. The van der Waals surface area contributed by atoms with Gasteiger partial charge in [0.1, 0.15) is 0 Å². The first-order valence-corrected chi connectivity index (χ1v) is 9.14. The van der Waals surface area contributed by atoms with Crippen molar-refractivity contribution in [3.05, 3.63) is 0 Å². The Kier molecular flexibility index (Phi) is 14.8. The molecule has 21 heavy (non-hydrogen) atoms. The van der Waals surface area contributed by atoms with E-state index in [0.717, 1.165) is 31.6 Å². The summed E-state index contributed by atoms with van der Waals surface area (Å²) in [7, 11) is 0. The van der Waals surface area contributed by atoms with Gasteiger partial charge in [-0.3, -0.25) is 9.59 Å². The van der Waals surface area contributed by atoms with Gasteiger partial charge in [0.25, 0.3) is 0 Å². The van der Waals surface area contributed by atoms with Crippen molar-refractivity contribution in [1.29, 1.82) is 0 Å². The molecule has 0 radical (unpaired) electrons. The number of halogens is 2. The quantitative estimate of drug-likeness (QED) is 0.262. The Bertz CT molecular complexity index is 280. The van der Waals surface area contributed by atoms with Crippen LogP contribution in [0.25, 0.3) is 0 Å². The third-order valence-corrected chi connectivity index (χ3v) is 4.27. The molecule has 2 nitrogen and oxygen atoms in total. The molecule has 124 valence electrons. The lowest BCUT2D eigenvalue weighted by Crippen LogP contribution is -1.95. The molecule has 0 spiro atoms. The van der Waals surface area contributed by atoms with E-state index in [-0.39, 0.29) is 10.5 Å². The fraction of sp³-hybridized carbons (Fsp3) is 0.882. The molecular formula is C17H30Cl2O2. The van der Waals surface area contributed by atoms with Crippen molar-refractivity contribution in [3.8, 4) is 0 Å². The van der Waals surface area contributed by atoms with Gasteiger partial charge in [0, 0.05) is 12.8 Å². The second kappa shape index (κ2) is 14.8. The van der Waals surface area contributed by atoms with E-state index >= 15 is 0 Å². The standard InChI is InChI=1S/C17H30Cl2O2/c1-15(12-8-5-6-10-14-17(19)21)11-7-3-2-4-9-13-16(18)20/h15H,2-14H2,1H3. The number of unbranched alkanes of at least 4 members (excludes halogenated alkanes) is 7. The van der Waals surface area contributed by atoms with E-state index in [9.17, 15) is 9.59 Å². The summed E-state index contributed by atoms with van der Waals surface area (Å²) in [5.41, 5.74) is 0. The van der Waals surface area contributed by atoms with Gasteiger partial charge in [-0.15, -0.1) is 0 Å². The highest BCUT2D eigenvalue weighted by Crippen LogP contribution is 2.18. The maximum Gasteiger partial charge on any atom is 0.221 e. The fourth-order valence-corrected chi connectivity index (χ4v) is 2.81. The van der Waals surface area contributed by atoms with Crippen LogP contribution in [0.3, 0.4) is 0 Å². The van der Waals surface area contributed by atoms with Crippen molar-refractivity contribution in [3.63, 3.8) is 0 Å². The van der Waals surface area contributed by atoms with E-state index in [1.807, 2.05) is 0 Å². The molecular weight excluding hydrogens is 307 g/mol. The first-order valence-electron chi connectivity index (χ1n) is 8.39. The molecule has 0 aliphatic rings. The van der Waals surface area contributed by atoms with Gasteiger partial charge < -0.3 is 0 Å². The molecule has 4 heteroatoms. The Morgan fingerprint density at radius 1 is 0.667 bits per heavy atom. The summed E-state index contributed by atoms with van der Waals surface area (Å²) in [5.74, 6) is 0.795. The molecule has 0 rings (SSSR count). The molecule has 0 saturated carbocycles. The zero-order valence-electron chi connectivity index (χ0n) is 13.3. The van der Waals surface area contributed by atoms with Gasteiger partial charge in [-0.05, 0) is 42.0 Å². The lowest BCUT2D eigenvalue weighted by atomic mass is 9.96. The number of hydrogen-bond acceptors (Lipinski definition) is 2. The summed E-state index contributed by atoms with van der Waals surface area (Å²) in [6.45, 7) is 2.33. The van der Waals surface area contributed by atoms with Crippen LogP contribution in [-0.4, -0.2) is 10.5 Å². The topological polar surface area (TPSA) is 34.1 Å². The predicted octanol–water partition coefficient (Wildman–Crippen LogP) is 6.22. The van der Waals surface area contributed by atoms with E-state index in [4.69, 9.17) is 23.2 Å². The summed E-state index contributed by atoms with van der Waals surface area (Å²) in [5, 5.41) is -0.419. The normalized spacial score (nSPS) is 12.3. The molecule has 1 unspecified atom stereocenters. The van der Waals surface area contributed by atoms with Crippen LogP contribution in [0.2, 0.25) is 0 Å². The lowest BCUT2D eigenvalue weighted by molar-refractivity contribution is -0.112. The predicted molar refractivity (Wildman–Crippen MR) is 90.9 cm³/mol. The maximum atomic E-state index is 10.6. The van der Waals surface area contributed by atoms with E-state index in [1.165, 1.54) is 44.9 Å². The van der Waals surface area contributed by atoms with Crippen molar-refractivity contribution >= 4 is 33.7 Å². The van der Waals surface area contributed by atoms with Crippen molar-refractivity contribution in [1.82, 2.24) is 0 Å². The molecule has 0 aromatic rings. The number of carbonyl (C=O) groups is 2. The molecule has 0 aromatic heterocycles. The average molecular weight is 337 g/mol. The Labute approximate surface area is 140 Å². The Morgan fingerprint density at radius 2 is 1.00 bits per heavy atom. The molecule has 0 fully saturated rings. The summed E-state index contributed by atoms with van der Waals surface area (Å²) in [6.07, 6.45) is 14.0. The largest absolute Gasteiger partial charge is 0.281 e. The van der Waals surface area contributed by atoms with Gasteiger partial charge in [0.2, 0.25) is 10.5 Å². The van der Waals surface area contributed by atoms with Crippen LogP contribution in [-0.2, 0) is 9.59 Å². The third kappa shape index (κ3) is 17.9. The van der Waals surface area contributed by atoms with Gasteiger partial charge in [-0.2, -0.15) is 0 Å². The van der Waals surface area contributed by atoms with Crippen LogP contribution in [0, 0.1) is 5.92 Å². The van der Waals surface area contributed by atoms with Crippen molar-refractivity contribution < 1.29 is 9.59 Å². The minimum Gasteiger partial charge on any atom is -0.281 e. The minimum absolute atomic E-state index is 0.209. The number of hydrogen-bond donors (Lipinski definition) is 0. The monoisotopic (exact) mass is 336 g/mol. The maximum absolute atomic E-state index is 10.6. The molecule has 0 amide bonds. The first-order chi connectivity index (χ1) is 10.0. The van der Waals surface area contributed by atoms with Gasteiger partial charge in [-0.25, -0.2) is 0 Å². The highest BCUT2D eigenvalue weighted by Gasteiger charge is 2.03. The summed E-state index contributed by atoms with van der Waals surface area (Å²) in [4.78, 5) is 21.1. The first kappa shape index (κ1) is 20.9. The van der Waals surface area contributed by atoms with Gasteiger partial charge >= 0.3 is 0 Å². The van der Waals surface area contributed by atoms with Crippen LogP contribution >= 0.6 is 23.2 Å². The van der Waals surface area contributed by atoms with Crippen LogP contribution < -0.4 is 0 Å². The number of rotatable bonds is 15. The smallest absolute Gasteiger partial charge is 0.221 e. The molecule has 0 aromatic carbocycles. The number of carbonyl (C=O) groups excluding carboxylic acids is 2. The van der Waals surface area contributed by atoms with E-state index in [0.29, 0.717) is 12.8 Å². The van der Waals surface area contributed by atoms with Crippen LogP contribution in [0.5, 0.6) is 0 Å². The van der Waals surface area contributed by atoms with Crippen LogP contribution in [0.15, 0.2) is 0 Å². The molecule has 0 heterocycles. The second-order valence-electron chi connectivity index (χ2n) is 6.07. The highest BCUT2D eigenvalue weighted by atomic mass is 35.5. The van der Waals surface area contributed by atoms with Crippen molar-refractivity contribution in [2.45, 2.75) is 90.4 Å². The molecule has 0 aliphatic carbocycles. The summed E-state index contributed by atoms with van der Waals surface area (Å²) >= 11 is 10.6. The van der Waals surface area contributed by atoms with Crippen LogP contribution in [0.1, 0.15) is 90.4 Å². The Hall–Kier alpha value is -0.0800. The molecule has 1 atom stereocenters. The summed E-state index contributed by atoms with van der Waals surface area (Å²) in [6, 6.07) is 0. The highest BCUT2D eigenvalue weighted by molar-refractivity contribution is 6.63. The molecule has 0 aliphatic heterocycles. The van der Waals surface area contributed by atoms with Crippen molar-refractivity contribution in [2.75, 3.05) is 0 Å². The van der Waals surface area contributed by atoms with Gasteiger partial charge in [-0.1, -0.05) is 64.7 Å². The van der Waals surface area contributed by atoms with Crippen molar-refractivity contribution in [2.24, 2.45) is 5.92 Å².